The van der Waals surface area contributed by atoms with Gasteiger partial charge in [-0.25, -0.2) is 9.97 Å². The molecule has 0 aliphatic rings. The highest BCUT2D eigenvalue weighted by Gasteiger charge is 2.12. The van der Waals surface area contributed by atoms with Crippen molar-refractivity contribution in [1.82, 2.24) is 9.97 Å². The summed E-state index contributed by atoms with van der Waals surface area (Å²) in [5.41, 5.74) is 2.19. The number of aromatic nitrogens is 2. The fourth-order valence-corrected chi connectivity index (χ4v) is 2.98. The lowest BCUT2D eigenvalue weighted by Crippen LogP contribution is -2.10. The third-order valence-corrected chi connectivity index (χ3v) is 4.32. The van der Waals surface area contributed by atoms with Gasteiger partial charge in [0.05, 0.1) is 16.4 Å². The van der Waals surface area contributed by atoms with Crippen molar-refractivity contribution in [2.75, 3.05) is 19.0 Å². The average Bonchev–Trinajstić information content (AvgIpc) is 2.51. The molecule has 0 aliphatic heterocycles. The molecule has 5 heteroatoms. The predicted octanol–water partition coefficient (Wildman–Crippen LogP) is 3.67. The van der Waals surface area contributed by atoms with Gasteiger partial charge in [-0.05, 0) is 42.0 Å². The van der Waals surface area contributed by atoms with E-state index >= 15 is 0 Å². The standard InChI is InChI=1S/C16H20IN3O/c1-4-12-15(17)16(18-5-2)20-14(19-12)10-11-8-6-7-9-13(11)21-3/h6-9H,4-5,10H2,1-3H3,(H,18,19,20). The Balaban J connectivity index is 2.37. The van der Waals surface area contributed by atoms with Gasteiger partial charge in [0.25, 0.3) is 0 Å². The van der Waals surface area contributed by atoms with Gasteiger partial charge < -0.3 is 10.1 Å². The van der Waals surface area contributed by atoms with Crippen LogP contribution in [0.5, 0.6) is 5.75 Å². The number of methoxy groups -OCH3 is 1. The van der Waals surface area contributed by atoms with Crippen molar-refractivity contribution in [3.05, 3.63) is 44.9 Å². The Labute approximate surface area is 139 Å². The molecule has 1 heterocycles. The molecule has 0 saturated carbocycles. The molecule has 1 aromatic carbocycles. The molecule has 0 aliphatic carbocycles. The Morgan fingerprint density at radius 1 is 1.19 bits per heavy atom. The van der Waals surface area contributed by atoms with Gasteiger partial charge in [-0.3, -0.25) is 0 Å². The molecule has 0 unspecified atom stereocenters. The van der Waals surface area contributed by atoms with Crippen LogP contribution in [0.1, 0.15) is 30.9 Å². The number of ether oxygens (including phenoxy) is 1. The Bertz CT molecular complexity index is 616. The number of aryl methyl sites for hydroxylation is 1. The number of hydrogen-bond acceptors (Lipinski definition) is 4. The van der Waals surface area contributed by atoms with Crippen molar-refractivity contribution >= 4 is 28.4 Å². The Kier molecular flexibility index (Phi) is 5.78. The van der Waals surface area contributed by atoms with Crippen LogP contribution < -0.4 is 10.1 Å². The van der Waals surface area contributed by atoms with Crippen LogP contribution in [-0.4, -0.2) is 23.6 Å². The number of benzene rings is 1. The van der Waals surface area contributed by atoms with E-state index in [1.807, 2.05) is 18.2 Å². The number of rotatable bonds is 6. The molecule has 1 aromatic heterocycles. The van der Waals surface area contributed by atoms with Crippen LogP contribution in [0, 0.1) is 3.57 Å². The topological polar surface area (TPSA) is 47.0 Å². The molecular weight excluding hydrogens is 377 g/mol. The minimum atomic E-state index is 0.673. The molecule has 0 atom stereocenters. The van der Waals surface area contributed by atoms with Crippen molar-refractivity contribution in [2.45, 2.75) is 26.7 Å². The van der Waals surface area contributed by atoms with E-state index in [1.165, 1.54) is 0 Å². The molecule has 21 heavy (non-hydrogen) atoms. The zero-order chi connectivity index (χ0) is 15.2. The fraction of sp³-hybridized carbons (Fsp3) is 0.375. The van der Waals surface area contributed by atoms with Crippen molar-refractivity contribution < 1.29 is 4.74 Å². The number of hydrogen-bond donors (Lipinski definition) is 1. The van der Waals surface area contributed by atoms with E-state index in [1.54, 1.807) is 7.11 Å². The van der Waals surface area contributed by atoms with Crippen LogP contribution in [-0.2, 0) is 12.8 Å². The minimum Gasteiger partial charge on any atom is -0.496 e. The van der Waals surface area contributed by atoms with Crippen LogP contribution in [0.3, 0.4) is 0 Å². The summed E-state index contributed by atoms with van der Waals surface area (Å²) in [6.07, 6.45) is 1.57. The highest BCUT2D eigenvalue weighted by atomic mass is 127. The predicted molar refractivity (Wildman–Crippen MR) is 94.1 cm³/mol. The summed E-state index contributed by atoms with van der Waals surface area (Å²) in [5, 5.41) is 3.32. The van der Waals surface area contributed by atoms with Crippen molar-refractivity contribution in [3.8, 4) is 5.75 Å². The number of halogens is 1. The zero-order valence-electron chi connectivity index (χ0n) is 12.6. The van der Waals surface area contributed by atoms with Gasteiger partial charge in [-0.1, -0.05) is 25.1 Å². The Morgan fingerprint density at radius 3 is 2.62 bits per heavy atom. The van der Waals surface area contributed by atoms with Crippen LogP contribution in [0.4, 0.5) is 5.82 Å². The van der Waals surface area contributed by atoms with Gasteiger partial charge in [0.1, 0.15) is 17.4 Å². The first-order valence-corrected chi connectivity index (χ1v) is 8.18. The van der Waals surface area contributed by atoms with Crippen LogP contribution in [0.2, 0.25) is 0 Å². The van der Waals surface area contributed by atoms with Gasteiger partial charge in [0.15, 0.2) is 0 Å². The molecule has 1 N–H and O–H groups in total. The smallest absolute Gasteiger partial charge is 0.143 e. The van der Waals surface area contributed by atoms with Gasteiger partial charge in [0.2, 0.25) is 0 Å². The summed E-state index contributed by atoms with van der Waals surface area (Å²) < 4.78 is 6.51. The fourth-order valence-electron chi connectivity index (χ4n) is 2.16. The average molecular weight is 397 g/mol. The molecule has 2 rings (SSSR count). The zero-order valence-corrected chi connectivity index (χ0v) is 14.8. The second-order valence-corrected chi connectivity index (χ2v) is 5.70. The molecule has 0 bridgehead atoms. The van der Waals surface area contributed by atoms with Gasteiger partial charge in [-0.2, -0.15) is 0 Å². The number of para-hydroxylation sites is 1. The first kappa shape index (κ1) is 16.0. The first-order valence-electron chi connectivity index (χ1n) is 7.10. The second-order valence-electron chi connectivity index (χ2n) is 4.62. The van der Waals surface area contributed by atoms with E-state index in [0.29, 0.717) is 6.42 Å². The minimum absolute atomic E-state index is 0.673. The normalized spacial score (nSPS) is 10.5. The van der Waals surface area contributed by atoms with Crippen molar-refractivity contribution in [1.29, 1.82) is 0 Å². The summed E-state index contributed by atoms with van der Waals surface area (Å²) in [4.78, 5) is 9.35. The lowest BCUT2D eigenvalue weighted by Gasteiger charge is -2.12. The summed E-state index contributed by atoms with van der Waals surface area (Å²) in [6.45, 7) is 5.04. The summed E-state index contributed by atoms with van der Waals surface area (Å²) in [6, 6.07) is 8.00. The maximum absolute atomic E-state index is 5.40. The van der Waals surface area contributed by atoms with Gasteiger partial charge in [-0.15, -0.1) is 0 Å². The number of nitrogens with one attached hydrogen (secondary N) is 1. The quantitative estimate of drug-likeness (QED) is 0.756. The number of nitrogens with zero attached hydrogens (tertiary/aromatic N) is 2. The largest absolute Gasteiger partial charge is 0.496 e. The molecule has 4 nitrogen and oxygen atoms in total. The van der Waals surface area contributed by atoms with E-state index in [-0.39, 0.29) is 0 Å². The van der Waals surface area contributed by atoms with E-state index in [9.17, 15) is 0 Å². The summed E-state index contributed by atoms with van der Waals surface area (Å²) in [5.74, 6) is 2.63. The first-order chi connectivity index (χ1) is 10.2. The third-order valence-electron chi connectivity index (χ3n) is 3.19. The SMILES string of the molecule is CCNc1nc(Cc2ccccc2OC)nc(CC)c1I. The van der Waals surface area contributed by atoms with Gasteiger partial charge in [0, 0.05) is 18.5 Å². The third kappa shape index (κ3) is 3.84. The van der Waals surface area contributed by atoms with Crippen molar-refractivity contribution in [3.63, 3.8) is 0 Å². The molecule has 0 radical (unpaired) electrons. The Hall–Kier alpha value is -1.37. The van der Waals surface area contributed by atoms with Crippen LogP contribution in [0.15, 0.2) is 24.3 Å². The lowest BCUT2D eigenvalue weighted by molar-refractivity contribution is 0.410. The van der Waals surface area contributed by atoms with E-state index in [4.69, 9.17) is 9.72 Å². The Morgan fingerprint density at radius 2 is 1.95 bits per heavy atom. The molecule has 112 valence electrons. The molecule has 0 saturated heterocycles. The molecule has 0 fully saturated rings. The van der Waals surface area contributed by atoms with E-state index in [2.05, 4.69) is 52.8 Å². The monoisotopic (exact) mass is 397 g/mol. The highest BCUT2D eigenvalue weighted by Crippen LogP contribution is 2.23. The van der Waals surface area contributed by atoms with Crippen LogP contribution in [0.25, 0.3) is 0 Å². The van der Waals surface area contributed by atoms with Gasteiger partial charge >= 0.3 is 0 Å². The van der Waals surface area contributed by atoms with Crippen molar-refractivity contribution in [2.24, 2.45) is 0 Å². The summed E-state index contributed by atoms with van der Waals surface area (Å²) in [7, 11) is 1.69. The molecule has 0 amide bonds. The molecular formula is C16H20IN3O. The molecule has 2 aromatic rings. The maximum atomic E-state index is 5.40. The lowest BCUT2D eigenvalue weighted by atomic mass is 10.1. The van der Waals surface area contributed by atoms with E-state index < -0.39 is 0 Å². The van der Waals surface area contributed by atoms with Crippen LogP contribution >= 0.6 is 22.6 Å². The maximum Gasteiger partial charge on any atom is 0.143 e. The summed E-state index contributed by atoms with van der Waals surface area (Å²) >= 11 is 2.31. The number of anilines is 1. The highest BCUT2D eigenvalue weighted by molar-refractivity contribution is 14.1. The second kappa shape index (κ2) is 7.59. The van der Waals surface area contributed by atoms with E-state index in [0.717, 1.165) is 45.2 Å². The molecule has 0 spiro atoms.